The maximum atomic E-state index is 12.3. The molecule has 0 aliphatic rings. The molecule has 0 aliphatic carbocycles. The molecule has 0 saturated carbocycles. The van der Waals surface area contributed by atoms with Crippen molar-refractivity contribution in [2.24, 2.45) is 0 Å². The van der Waals surface area contributed by atoms with Gasteiger partial charge in [0.1, 0.15) is 5.69 Å². The van der Waals surface area contributed by atoms with E-state index in [9.17, 15) is 9.59 Å². The van der Waals surface area contributed by atoms with Gasteiger partial charge < -0.3 is 16.0 Å². The minimum absolute atomic E-state index is 0.127. The van der Waals surface area contributed by atoms with Crippen LogP contribution in [0, 0.1) is 6.92 Å². The summed E-state index contributed by atoms with van der Waals surface area (Å²) < 4.78 is 0. The first kappa shape index (κ1) is 18.1. The molecule has 2 aromatic carbocycles. The van der Waals surface area contributed by atoms with E-state index >= 15 is 0 Å². The van der Waals surface area contributed by atoms with E-state index in [0.717, 1.165) is 22.6 Å². The average Bonchev–Trinajstić information content (AvgIpc) is 2.64. The summed E-state index contributed by atoms with van der Waals surface area (Å²) in [6.45, 7) is 3.45. The van der Waals surface area contributed by atoms with E-state index in [1.165, 1.54) is 6.92 Å². The molecule has 0 fully saturated rings. The van der Waals surface area contributed by atoms with Crippen LogP contribution in [0.25, 0.3) is 0 Å². The molecule has 3 rings (SSSR count). The molecule has 0 saturated heterocycles. The van der Waals surface area contributed by atoms with Crippen molar-refractivity contribution in [3.05, 3.63) is 78.1 Å². The van der Waals surface area contributed by atoms with Crippen molar-refractivity contribution >= 4 is 34.6 Å². The number of carbonyl (C=O) groups excluding carboxylic acids is 2. The van der Waals surface area contributed by atoms with Crippen LogP contribution in [0.5, 0.6) is 0 Å². The van der Waals surface area contributed by atoms with Gasteiger partial charge in [-0.3, -0.25) is 9.59 Å². The molecule has 0 unspecified atom stereocenters. The number of hydrogen-bond acceptors (Lipinski definition) is 4. The van der Waals surface area contributed by atoms with E-state index in [-0.39, 0.29) is 11.8 Å². The number of rotatable bonds is 5. The smallest absolute Gasteiger partial charge is 0.274 e. The van der Waals surface area contributed by atoms with Crippen LogP contribution in [-0.2, 0) is 4.79 Å². The third kappa shape index (κ3) is 5.15. The quantitative estimate of drug-likeness (QED) is 0.632. The summed E-state index contributed by atoms with van der Waals surface area (Å²) in [7, 11) is 0. The van der Waals surface area contributed by atoms with Gasteiger partial charge in [0.15, 0.2) is 0 Å². The van der Waals surface area contributed by atoms with Crippen molar-refractivity contribution in [1.82, 2.24) is 4.98 Å². The Hall–Kier alpha value is -3.67. The highest BCUT2D eigenvalue weighted by Gasteiger charge is 2.08. The third-order valence-corrected chi connectivity index (χ3v) is 3.78. The van der Waals surface area contributed by atoms with E-state index in [0.29, 0.717) is 11.4 Å². The molecule has 27 heavy (non-hydrogen) atoms. The van der Waals surface area contributed by atoms with Gasteiger partial charge in [0, 0.05) is 24.0 Å². The topological polar surface area (TPSA) is 83.1 Å². The third-order valence-electron chi connectivity index (χ3n) is 3.78. The number of anilines is 4. The number of amides is 2. The molecule has 0 radical (unpaired) electrons. The van der Waals surface area contributed by atoms with E-state index in [4.69, 9.17) is 0 Å². The number of nitrogens with one attached hydrogen (secondary N) is 3. The summed E-state index contributed by atoms with van der Waals surface area (Å²) in [4.78, 5) is 27.6. The normalized spacial score (nSPS) is 10.1. The number of aromatic nitrogens is 1. The van der Waals surface area contributed by atoms with Gasteiger partial charge in [-0.1, -0.05) is 23.8 Å². The first-order valence-electron chi connectivity index (χ1n) is 8.48. The van der Waals surface area contributed by atoms with Gasteiger partial charge in [-0.25, -0.2) is 4.98 Å². The molecule has 2 amide bonds. The second-order valence-electron chi connectivity index (χ2n) is 6.14. The fourth-order valence-electron chi connectivity index (χ4n) is 2.48. The predicted octanol–water partition coefficient (Wildman–Crippen LogP) is 4.34. The maximum absolute atomic E-state index is 12.3. The number of pyridine rings is 1. The van der Waals surface area contributed by atoms with E-state index in [1.54, 1.807) is 18.3 Å². The Bertz CT molecular complexity index is 951. The lowest BCUT2D eigenvalue weighted by atomic mass is 10.2. The molecule has 136 valence electrons. The fourth-order valence-corrected chi connectivity index (χ4v) is 2.48. The molecule has 0 aliphatic heterocycles. The highest BCUT2D eigenvalue weighted by atomic mass is 16.2. The summed E-state index contributed by atoms with van der Waals surface area (Å²) in [6.07, 6.45) is 1.59. The Morgan fingerprint density at radius 3 is 2.19 bits per heavy atom. The number of benzene rings is 2. The molecule has 3 N–H and O–H groups in total. The molecule has 3 aromatic rings. The molecule has 6 nitrogen and oxygen atoms in total. The molecule has 6 heteroatoms. The Balaban J connectivity index is 1.65. The van der Waals surface area contributed by atoms with Crippen LogP contribution in [0.15, 0.2) is 66.9 Å². The lowest BCUT2D eigenvalue weighted by molar-refractivity contribution is -0.114. The highest BCUT2D eigenvalue weighted by Crippen LogP contribution is 2.20. The molecule has 0 atom stereocenters. The zero-order valence-corrected chi connectivity index (χ0v) is 15.1. The van der Waals surface area contributed by atoms with Crippen molar-refractivity contribution in [1.29, 1.82) is 0 Å². The standard InChI is InChI=1S/C21H20N4O2/c1-14-6-8-16(9-7-14)25-21(27)20-11-10-19(13-22-20)24-18-5-3-4-17(12-18)23-15(2)26/h3-13,24H,1-2H3,(H,23,26)(H,25,27). The second-order valence-corrected chi connectivity index (χ2v) is 6.14. The van der Waals surface area contributed by atoms with Gasteiger partial charge in [-0.2, -0.15) is 0 Å². The fraction of sp³-hybridized carbons (Fsp3) is 0.0952. The zero-order valence-electron chi connectivity index (χ0n) is 15.1. The number of hydrogen-bond donors (Lipinski definition) is 3. The lowest BCUT2D eigenvalue weighted by Crippen LogP contribution is -2.13. The minimum Gasteiger partial charge on any atom is -0.354 e. The van der Waals surface area contributed by atoms with Crippen molar-refractivity contribution in [3.8, 4) is 0 Å². The summed E-state index contributed by atoms with van der Waals surface area (Å²) >= 11 is 0. The average molecular weight is 360 g/mol. The van der Waals surface area contributed by atoms with Crippen molar-refractivity contribution in [2.75, 3.05) is 16.0 Å². The lowest BCUT2D eigenvalue weighted by Gasteiger charge is -2.09. The zero-order chi connectivity index (χ0) is 19.2. The SMILES string of the molecule is CC(=O)Nc1cccc(Nc2ccc(C(=O)Nc3ccc(C)cc3)nc2)c1. The number of carbonyl (C=O) groups is 2. The van der Waals surface area contributed by atoms with Crippen LogP contribution in [0.1, 0.15) is 23.0 Å². The Morgan fingerprint density at radius 1 is 0.815 bits per heavy atom. The summed E-state index contributed by atoms with van der Waals surface area (Å²) in [5, 5.41) is 8.75. The van der Waals surface area contributed by atoms with Crippen molar-refractivity contribution in [3.63, 3.8) is 0 Å². The first-order chi connectivity index (χ1) is 13.0. The Labute approximate surface area is 157 Å². The van der Waals surface area contributed by atoms with Gasteiger partial charge in [-0.15, -0.1) is 0 Å². The van der Waals surface area contributed by atoms with Crippen LogP contribution in [0.3, 0.4) is 0 Å². The largest absolute Gasteiger partial charge is 0.354 e. The summed E-state index contributed by atoms with van der Waals surface area (Å²) in [5.74, 6) is -0.393. The maximum Gasteiger partial charge on any atom is 0.274 e. The summed E-state index contributed by atoms with van der Waals surface area (Å²) in [5.41, 5.74) is 4.43. The highest BCUT2D eigenvalue weighted by molar-refractivity contribution is 6.03. The van der Waals surface area contributed by atoms with Crippen LogP contribution in [0.4, 0.5) is 22.7 Å². The molecular weight excluding hydrogens is 340 g/mol. The van der Waals surface area contributed by atoms with E-state index < -0.39 is 0 Å². The number of aryl methyl sites for hydroxylation is 1. The van der Waals surface area contributed by atoms with Gasteiger partial charge in [0.05, 0.1) is 11.9 Å². The minimum atomic E-state index is -0.266. The first-order valence-corrected chi connectivity index (χ1v) is 8.48. The van der Waals surface area contributed by atoms with Crippen molar-refractivity contribution < 1.29 is 9.59 Å². The molecule has 0 spiro atoms. The predicted molar refractivity (Wildman–Crippen MR) is 107 cm³/mol. The van der Waals surface area contributed by atoms with E-state index in [2.05, 4.69) is 20.9 Å². The van der Waals surface area contributed by atoms with Crippen LogP contribution in [-0.4, -0.2) is 16.8 Å². The van der Waals surface area contributed by atoms with E-state index in [1.807, 2.05) is 55.5 Å². The van der Waals surface area contributed by atoms with Crippen LogP contribution >= 0.6 is 0 Å². The van der Waals surface area contributed by atoms with Gasteiger partial charge in [0.2, 0.25) is 5.91 Å². The van der Waals surface area contributed by atoms with Gasteiger partial charge in [-0.05, 0) is 49.4 Å². The molecule has 1 heterocycles. The monoisotopic (exact) mass is 360 g/mol. The molecular formula is C21H20N4O2. The summed E-state index contributed by atoms with van der Waals surface area (Å²) in [6, 6.07) is 18.4. The van der Waals surface area contributed by atoms with Gasteiger partial charge in [0.25, 0.3) is 5.91 Å². The molecule has 0 bridgehead atoms. The van der Waals surface area contributed by atoms with Crippen LogP contribution in [0.2, 0.25) is 0 Å². The number of nitrogens with zero attached hydrogens (tertiary/aromatic N) is 1. The Morgan fingerprint density at radius 2 is 1.52 bits per heavy atom. The van der Waals surface area contributed by atoms with Gasteiger partial charge >= 0.3 is 0 Å². The molecule has 1 aromatic heterocycles. The second kappa shape index (κ2) is 8.14. The van der Waals surface area contributed by atoms with Crippen molar-refractivity contribution in [2.45, 2.75) is 13.8 Å². The van der Waals surface area contributed by atoms with Crippen LogP contribution < -0.4 is 16.0 Å². The Kier molecular flexibility index (Phi) is 5.47.